The van der Waals surface area contributed by atoms with Gasteiger partial charge in [0.15, 0.2) is 5.16 Å². The third kappa shape index (κ3) is 4.36. The molecule has 6 heteroatoms. The molecule has 2 aromatic carbocycles. The van der Waals surface area contributed by atoms with Gasteiger partial charge in [0.2, 0.25) is 5.91 Å². The van der Waals surface area contributed by atoms with Crippen molar-refractivity contribution in [2.75, 3.05) is 0 Å². The molecule has 1 saturated carbocycles. The molecule has 3 aromatic rings. The molecule has 146 valence electrons. The van der Waals surface area contributed by atoms with E-state index in [2.05, 4.69) is 22.0 Å². The molecule has 4 nitrogen and oxygen atoms in total. The highest BCUT2D eigenvalue weighted by molar-refractivity contribution is 8.00. The lowest BCUT2D eigenvalue weighted by Crippen LogP contribution is -2.37. The molecule has 1 N–H and O–H groups in total. The average Bonchev–Trinajstić information content (AvgIpc) is 3.30. The Labute approximate surface area is 174 Å². The predicted molar refractivity (Wildman–Crippen MR) is 116 cm³/mol. The van der Waals surface area contributed by atoms with Crippen molar-refractivity contribution in [3.8, 4) is 0 Å². The smallest absolute Gasteiger partial charge is 0.233 e. The third-order valence-corrected chi connectivity index (χ3v) is 6.54. The van der Waals surface area contributed by atoms with Gasteiger partial charge < -0.3 is 9.88 Å². The summed E-state index contributed by atoms with van der Waals surface area (Å²) in [7, 11) is 0. The second-order valence-corrected chi connectivity index (χ2v) is 9.09. The first-order valence-corrected chi connectivity index (χ1v) is 11.0. The maximum absolute atomic E-state index is 12.7. The monoisotopic (exact) mass is 413 g/mol. The minimum Gasteiger partial charge on any atom is -0.352 e. The molecular weight excluding hydrogens is 390 g/mol. The number of carbonyl (C=O) groups excluding carboxylic acids is 1. The summed E-state index contributed by atoms with van der Waals surface area (Å²) in [5.74, 6) is 0.0910. The molecule has 0 radical (unpaired) electrons. The van der Waals surface area contributed by atoms with Gasteiger partial charge in [0.1, 0.15) is 0 Å². The number of halogens is 1. The molecule has 1 aromatic heterocycles. The van der Waals surface area contributed by atoms with E-state index in [1.54, 1.807) is 0 Å². The summed E-state index contributed by atoms with van der Waals surface area (Å²) in [6.07, 6.45) is 4.60. The van der Waals surface area contributed by atoms with Gasteiger partial charge in [-0.15, -0.1) is 0 Å². The Kier molecular flexibility index (Phi) is 5.93. The number of rotatable bonds is 6. The van der Waals surface area contributed by atoms with E-state index >= 15 is 0 Å². The Hall–Kier alpha value is -1.98. The van der Waals surface area contributed by atoms with Crippen LogP contribution in [0.15, 0.2) is 53.7 Å². The second kappa shape index (κ2) is 8.58. The third-order valence-electron chi connectivity index (χ3n) is 5.21. The lowest BCUT2D eigenvalue weighted by molar-refractivity contribution is -0.120. The van der Waals surface area contributed by atoms with Gasteiger partial charge in [-0.25, -0.2) is 4.98 Å². The topological polar surface area (TPSA) is 46.9 Å². The molecule has 1 unspecified atom stereocenters. The number of fused-ring (bicyclic) bond motifs is 1. The van der Waals surface area contributed by atoms with Crippen LogP contribution in [0.2, 0.25) is 5.02 Å². The number of aromatic nitrogens is 2. The van der Waals surface area contributed by atoms with Crippen LogP contribution in [-0.2, 0) is 11.3 Å². The fourth-order valence-electron chi connectivity index (χ4n) is 3.69. The van der Waals surface area contributed by atoms with Crippen LogP contribution in [0.5, 0.6) is 0 Å². The van der Waals surface area contributed by atoms with Crippen molar-refractivity contribution in [1.29, 1.82) is 0 Å². The number of hydrogen-bond donors (Lipinski definition) is 1. The fraction of sp³-hybridized carbons (Fsp3) is 0.364. The normalized spacial score (nSPS) is 15.8. The molecule has 28 heavy (non-hydrogen) atoms. The Morgan fingerprint density at radius 1 is 1.25 bits per heavy atom. The van der Waals surface area contributed by atoms with Gasteiger partial charge in [-0.05, 0) is 43.5 Å². The molecule has 4 rings (SSSR count). The van der Waals surface area contributed by atoms with Crippen molar-refractivity contribution in [3.05, 3.63) is 59.1 Å². The summed E-state index contributed by atoms with van der Waals surface area (Å²) in [5.41, 5.74) is 3.08. The predicted octanol–water partition coefficient (Wildman–Crippen LogP) is 5.28. The van der Waals surface area contributed by atoms with Gasteiger partial charge in [-0.3, -0.25) is 4.79 Å². The van der Waals surface area contributed by atoms with Crippen molar-refractivity contribution < 1.29 is 4.79 Å². The van der Waals surface area contributed by atoms with E-state index in [0.717, 1.165) is 29.0 Å². The van der Waals surface area contributed by atoms with E-state index in [4.69, 9.17) is 16.6 Å². The first-order chi connectivity index (χ1) is 13.6. The largest absolute Gasteiger partial charge is 0.352 e. The highest BCUT2D eigenvalue weighted by atomic mass is 35.5. The molecule has 0 spiro atoms. The average molecular weight is 414 g/mol. The SMILES string of the molecule is CC(Sc1nc2cc(Cl)ccc2n1Cc1ccccc1)C(=O)NC1CCCC1. The van der Waals surface area contributed by atoms with Crippen LogP contribution in [0, 0.1) is 0 Å². The van der Waals surface area contributed by atoms with Crippen LogP contribution < -0.4 is 5.32 Å². The summed E-state index contributed by atoms with van der Waals surface area (Å²) in [4.78, 5) is 17.4. The quantitative estimate of drug-likeness (QED) is 0.559. The molecule has 1 heterocycles. The first-order valence-electron chi connectivity index (χ1n) is 9.77. The zero-order chi connectivity index (χ0) is 19.5. The number of benzene rings is 2. The maximum Gasteiger partial charge on any atom is 0.233 e. The van der Waals surface area contributed by atoms with Crippen LogP contribution in [0.25, 0.3) is 11.0 Å². The molecular formula is C22H24ClN3OS. The summed E-state index contributed by atoms with van der Waals surface area (Å²) < 4.78 is 2.17. The van der Waals surface area contributed by atoms with E-state index < -0.39 is 0 Å². The van der Waals surface area contributed by atoms with Crippen molar-refractivity contribution >= 4 is 40.3 Å². The van der Waals surface area contributed by atoms with Gasteiger partial charge in [0.05, 0.1) is 22.8 Å². The van der Waals surface area contributed by atoms with Crippen molar-refractivity contribution in [1.82, 2.24) is 14.9 Å². The zero-order valence-electron chi connectivity index (χ0n) is 15.9. The Balaban J connectivity index is 1.59. The number of carbonyl (C=O) groups is 1. The highest BCUT2D eigenvalue weighted by Crippen LogP contribution is 2.30. The zero-order valence-corrected chi connectivity index (χ0v) is 17.5. The molecule has 0 aliphatic heterocycles. The van der Waals surface area contributed by atoms with Crippen molar-refractivity contribution in [2.24, 2.45) is 0 Å². The van der Waals surface area contributed by atoms with E-state index in [9.17, 15) is 4.79 Å². The Morgan fingerprint density at radius 3 is 2.75 bits per heavy atom. The number of thioether (sulfide) groups is 1. The molecule has 0 bridgehead atoms. The van der Waals surface area contributed by atoms with Gasteiger partial charge in [0.25, 0.3) is 0 Å². The Bertz CT molecular complexity index is 967. The lowest BCUT2D eigenvalue weighted by atomic mass is 10.2. The number of nitrogens with one attached hydrogen (secondary N) is 1. The van der Waals surface area contributed by atoms with Gasteiger partial charge in [-0.1, -0.05) is 66.5 Å². The fourth-order valence-corrected chi connectivity index (χ4v) is 4.79. The molecule has 1 fully saturated rings. The summed E-state index contributed by atoms with van der Waals surface area (Å²) in [6, 6.07) is 16.4. The summed E-state index contributed by atoms with van der Waals surface area (Å²) in [6.45, 7) is 2.66. The number of amides is 1. The second-order valence-electron chi connectivity index (χ2n) is 7.35. The van der Waals surface area contributed by atoms with Gasteiger partial charge in [-0.2, -0.15) is 0 Å². The number of imidazole rings is 1. The lowest BCUT2D eigenvalue weighted by Gasteiger charge is -2.17. The van der Waals surface area contributed by atoms with Crippen LogP contribution >= 0.6 is 23.4 Å². The van der Waals surface area contributed by atoms with Crippen molar-refractivity contribution in [2.45, 2.75) is 55.6 Å². The number of hydrogen-bond acceptors (Lipinski definition) is 3. The molecule has 1 aliphatic carbocycles. The van der Waals surface area contributed by atoms with Crippen molar-refractivity contribution in [3.63, 3.8) is 0 Å². The molecule has 1 aliphatic rings. The van der Waals surface area contributed by atoms with Crippen LogP contribution in [-0.4, -0.2) is 26.8 Å². The standard InChI is InChI=1S/C22H24ClN3OS/c1-15(21(27)24-18-9-5-6-10-18)28-22-25-19-13-17(23)11-12-20(19)26(22)14-16-7-3-2-4-8-16/h2-4,7-8,11-13,15,18H,5-6,9-10,14H2,1H3,(H,24,27). The summed E-state index contributed by atoms with van der Waals surface area (Å²) >= 11 is 7.68. The molecule has 1 atom stereocenters. The minimum absolute atomic E-state index is 0.0910. The van der Waals surface area contributed by atoms with Crippen LogP contribution in [0.1, 0.15) is 38.2 Å². The van der Waals surface area contributed by atoms with E-state index in [0.29, 0.717) is 17.6 Å². The highest BCUT2D eigenvalue weighted by Gasteiger charge is 2.23. The molecule has 0 saturated heterocycles. The molecule has 1 amide bonds. The number of nitrogens with zero attached hydrogens (tertiary/aromatic N) is 2. The summed E-state index contributed by atoms with van der Waals surface area (Å²) in [5, 5.41) is 4.50. The first kappa shape index (κ1) is 19.3. The maximum atomic E-state index is 12.7. The Morgan fingerprint density at radius 2 is 2.00 bits per heavy atom. The van der Waals surface area contributed by atoms with Crippen LogP contribution in [0.3, 0.4) is 0 Å². The van der Waals surface area contributed by atoms with E-state index in [1.165, 1.54) is 30.2 Å². The van der Waals surface area contributed by atoms with Gasteiger partial charge in [0, 0.05) is 11.1 Å². The van der Waals surface area contributed by atoms with Gasteiger partial charge >= 0.3 is 0 Å². The van der Waals surface area contributed by atoms with E-state index in [-0.39, 0.29) is 11.2 Å². The van der Waals surface area contributed by atoms with E-state index in [1.807, 2.05) is 43.3 Å². The van der Waals surface area contributed by atoms with Crippen LogP contribution in [0.4, 0.5) is 0 Å². The minimum atomic E-state index is -0.206.